The van der Waals surface area contributed by atoms with Crippen LogP contribution in [0.1, 0.15) is 31.1 Å². The average molecular weight is 700 g/mol. The summed E-state index contributed by atoms with van der Waals surface area (Å²) in [5, 5.41) is 5.18. The summed E-state index contributed by atoms with van der Waals surface area (Å²) in [6.45, 7) is -2.04. The lowest BCUT2D eigenvalue weighted by Gasteiger charge is -2.13. The maximum Gasteiger partial charge on any atom is 0.338 e. The van der Waals surface area contributed by atoms with Crippen molar-refractivity contribution in [1.29, 1.82) is 0 Å². The van der Waals surface area contributed by atoms with E-state index in [2.05, 4.69) is 10.6 Å². The lowest BCUT2D eigenvalue weighted by molar-refractivity contribution is -0.147. The summed E-state index contributed by atoms with van der Waals surface area (Å²) >= 11 is 0. The van der Waals surface area contributed by atoms with Gasteiger partial charge in [0, 0.05) is 11.4 Å². The number of nitrogens with zero attached hydrogens (tertiary/aromatic N) is 1. The summed E-state index contributed by atoms with van der Waals surface area (Å²) in [6, 6.07) is 35.1. The largest absolute Gasteiger partial charge is 0.457 e. The maximum atomic E-state index is 13.0. The fraction of sp³-hybridized carbons (Fsp3) is 0.0769. The molecule has 0 saturated heterocycles. The summed E-state index contributed by atoms with van der Waals surface area (Å²) in [5.74, 6) is -2.36. The van der Waals surface area contributed by atoms with Gasteiger partial charge in [-0.05, 0) is 91.0 Å². The second-order valence-electron chi connectivity index (χ2n) is 11.2. The molecule has 1 heterocycles. The van der Waals surface area contributed by atoms with Crippen LogP contribution in [0.3, 0.4) is 0 Å². The molecule has 0 saturated carbocycles. The number of ether oxygens (including phenoxy) is 4. The van der Waals surface area contributed by atoms with Gasteiger partial charge in [-0.2, -0.15) is 0 Å². The number of rotatable bonds is 13. The summed E-state index contributed by atoms with van der Waals surface area (Å²) < 4.78 is 21.5. The van der Waals surface area contributed by atoms with E-state index in [1.165, 1.54) is 12.1 Å². The van der Waals surface area contributed by atoms with Crippen LogP contribution in [-0.2, 0) is 23.9 Å². The Balaban J connectivity index is 0.943. The standard InChI is InChI=1S/C39H29N3O10/c43-34(40-26-12-16-30(17-13-26)51-28-7-3-1-4-8-28)23-49-36(45)22-42-37(46)32-20-11-25(21-33(32)38(42)47)39(48)50-24-35(44)41-27-14-18-31(19-15-27)52-29-9-5-2-6-10-29/h1-21H,22-24H2,(H,40,43)(H,41,44). The van der Waals surface area contributed by atoms with Gasteiger partial charge in [0.15, 0.2) is 13.2 Å². The molecule has 0 bridgehead atoms. The molecule has 5 aromatic carbocycles. The molecular formula is C39H29N3O10. The molecule has 1 aliphatic rings. The van der Waals surface area contributed by atoms with E-state index in [1.807, 2.05) is 48.5 Å². The molecule has 0 radical (unpaired) electrons. The number of carbonyl (C=O) groups excluding carboxylic acids is 6. The average Bonchev–Trinajstić information content (AvgIpc) is 3.39. The number of para-hydroxylation sites is 2. The molecule has 2 N–H and O–H groups in total. The molecule has 52 heavy (non-hydrogen) atoms. The van der Waals surface area contributed by atoms with Crippen LogP contribution in [0.2, 0.25) is 0 Å². The molecule has 4 amide bonds. The maximum absolute atomic E-state index is 13.0. The fourth-order valence-corrected chi connectivity index (χ4v) is 4.95. The lowest BCUT2D eigenvalue weighted by atomic mass is 10.1. The monoisotopic (exact) mass is 699 g/mol. The van der Waals surface area contributed by atoms with Crippen molar-refractivity contribution in [2.45, 2.75) is 0 Å². The normalized spacial score (nSPS) is 11.7. The second kappa shape index (κ2) is 16.0. The Morgan fingerprint density at radius 3 is 1.50 bits per heavy atom. The predicted octanol–water partition coefficient (Wildman–Crippen LogP) is 5.84. The number of benzene rings is 5. The molecule has 0 spiro atoms. The van der Waals surface area contributed by atoms with Gasteiger partial charge in [-0.3, -0.25) is 28.9 Å². The van der Waals surface area contributed by atoms with Gasteiger partial charge in [0.2, 0.25) is 0 Å². The first-order chi connectivity index (χ1) is 25.2. The van der Waals surface area contributed by atoms with Crippen molar-refractivity contribution in [1.82, 2.24) is 4.90 Å². The summed E-state index contributed by atoms with van der Waals surface area (Å²) in [6.07, 6.45) is 0. The van der Waals surface area contributed by atoms with Crippen molar-refractivity contribution < 1.29 is 47.7 Å². The molecular weight excluding hydrogens is 670 g/mol. The lowest BCUT2D eigenvalue weighted by Crippen LogP contribution is -2.36. The summed E-state index contributed by atoms with van der Waals surface area (Å²) in [5.41, 5.74) is 0.617. The zero-order valence-electron chi connectivity index (χ0n) is 27.3. The zero-order chi connectivity index (χ0) is 36.5. The third-order valence-electron chi connectivity index (χ3n) is 7.43. The minimum atomic E-state index is -1.000. The number of esters is 2. The van der Waals surface area contributed by atoms with Gasteiger partial charge in [-0.15, -0.1) is 0 Å². The van der Waals surface area contributed by atoms with Crippen LogP contribution in [0.5, 0.6) is 23.0 Å². The van der Waals surface area contributed by atoms with Crippen LogP contribution in [-0.4, -0.2) is 60.2 Å². The second-order valence-corrected chi connectivity index (χ2v) is 11.2. The first-order valence-corrected chi connectivity index (χ1v) is 15.8. The number of imide groups is 1. The third kappa shape index (κ3) is 8.84. The first-order valence-electron chi connectivity index (χ1n) is 15.8. The van der Waals surface area contributed by atoms with Crippen LogP contribution in [0.15, 0.2) is 127 Å². The Hall–Kier alpha value is -7.28. The van der Waals surface area contributed by atoms with Crippen LogP contribution in [0.25, 0.3) is 0 Å². The number of fused-ring (bicyclic) bond motifs is 1. The highest BCUT2D eigenvalue weighted by atomic mass is 16.5. The van der Waals surface area contributed by atoms with E-state index in [0.717, 1.165) is 6.07 Å². The molecule has 1 aliphatic heterocycles. The van der Waals surface area contributed by atoms with Crippen molar-refractivity contribution in [3.63, 3.8) is 0 Å². The molecule has 6 rings (SSSR count). The quantitative estimate of drug-likeness (QED) is 0.113. The third-order valence-corrected chi connectivity index (χ3v) is 7.43. The molecule has 0 aliphatic carbocycles. The first kappa shape index (κ1) is 34.6. The number of hydrogen-bond donors (Lipinski definition) is 2. The Bertz CT molecular complexity index is 2120. The summed E-state index contributed by atoms with van der Waals surface area (Å²) in [7, 11) is 0. The van der Waals surface area contributed by atoms with E-state index in [0.29, 0.717) is 39.3 Å². The molecule has 13 heteroatoms. The van der Waals surface area contributed by atoms with Crippen molar-refractivity contribution in [2.24, 2.45) is 0 Å². The molecule has 13 nitrogen and oxygen atoms in total. The highest BCUT2D eigenvalue weighted by Gasteiger charge is 2.37. The van der Waals surface area contributed by atoms with E-state index in [-0.39, 0.29) is 16.7 Å². The Kier molecular flexibility index (Phi) is 10.6. The minimum absolute atomic E-state index is 0.0378. The topological polar surface area (TPSA) is 167 Å². The number of hydrogen-bond acceptors (Lipinski definition) is 10. The van der Waals surface area contributed by atoms with Gasteiger partial charge in [-0.25, -0.2) is 4.79 Å². The number of amides is 4. The summed E-state index contributed by atoms with van der Waals surface area (Å²) in [4.78, 5) is 76.5. The van der Waals surface area contributed by atoms with E-state index in [4.69, 9.17) is 18.9 Å². The Morgan fingerprint density at radius 1 is 0.519 bits per heavy atom. The van der Waals surface area contributed by atoms with Crippen LogP contribution < -0.4 is 20.1 Å². The molecule has 5 aromatic rings. The van der Waals surface area contributed by atoms with E-state index in [1.54, 1.807) is 60.7 Å². The molecule has 260 valence electrons. The van der Waals surface area contributed by atoms with Crippen molar-refractivity contribution in [3.8, 4) is 23.0 Å². The molecule has 0 atom stereocenters. The van der Waals surface area contributed by atoms with Crippen LogP contribution >= 0.6 is 0 Å². The molecule has 0 aromatic heterocycles. The Labute approximate surface area is 296 Å². The van der Waals surface area contributed by atoms with Gasteiger partial charge >= 0.3 is 11.9 Å². The SMILES string of the molecule is O=C(COC(=O)CN1C(=O)c2ccc(C(=O)OCC(=O)Nc3ccc(Oc4ccccc4)cc3)cc2C1=O)Nc1ccc(Oc2ccccc2)cc1. The minimum Gasteiger partial charge on any atom is -0.457 e. The highest BCUT2D eigenvalue weighted by molar-refractivity contribution is 6.22. The van der Waals surface area contributed by atoms with Gasteiger partial charge < -0.3 is 29.6 Å². The Morgan fingerprint density at radius 2 is 0.981 bits per heavy atom. The van der Waals surface area contributed by atoms with Crippen molar-refractivity contribution in [2.75, 3.05) is 30.4 Å². The van der Waals surface area contributed by atoms with E-state index >= 15 is 0 Å². The fourth-order valence-electron chi connectivity index (χ4n) is 4.95. The van der Waals surface area contributed by atoms with Crippen LogP contribution in [0.4, 0.5) is 11.4 Å². The smallest absolute Gasteiger partial charge is 0.338 e. The van der Waals surface area contributed by atoms with Crippen LogP contribution in [0, 0.1) is 0 Å². The zero-order valence-corrected chi connectivity index (χ0v) is 27.3. The highest BCUT2D eigenvalue weighted by Crippen LogP contribution is 2.26. The van der Waals surface area contributed by atoms with E-state index in [9.17, 15) is 28.8 Å². The molecule has 0 fully saturated rings. The van der Waals surface area contributed by atoms with E-state index < -0.39 is 55.3 Å². The number of nitrogens with one attached hydrogen (secondary N) is 2. The predicted molar refractivity (Wildman–Crippen MR) is 186 cm³/mol. The molecule has 0 unspecified atom stereocenters. The van der Waals surface area contributed by atoms with Crippen molar-refractivity contribution >= 4 is 46.9 Å². The van der Waals surface area contributed by atoms with Crippen molar-refractivity contribution in [3.05, 3.63) is 144 Å². The van der Waals surface area contributed by atoms with Gasteiger partial charge in [0.05, 0.1) is 16.7 Å². The number of carbonyl (C=O) groups is 6. The van der Waals surface area contributed by atoms with Gasteiger partial charge in [0.1, 0.15) is 29.5 Å². The number of anilines is 2. The van der Waals surface area contributed by atoms with Gasteiger partial charge in [-0.1, -0.05) is 36.4 Å². The van der Waals surface area contributed by atoms with Gasteiger partial charge in [0.25, 0.3) is 23.6 Å².